The van der Waals surface area contributed by atoms with Crippen LogP contribution in [0.2, 0.25) is 0 Å². The molecule has 1 saturated heterocycles. The molecule has 3 heterocycles. The van der Waals surface area contributed by atoms with Gasteiger partial charge >= 0.3 is 0 Å². The molecule has 0 amide bonds. The molecule has 1 aliphatic heterocycles. The molecule has 2 aromatic carbocycles. The third kappa shape index (κ3) is 5.27. The number of primary sulfonamides is 1. The van der Waals surface area contributed by atoms with Crippen LogP contribution >= 0.6 is 0 Å². The topological polar surface area (TPSA) is 139 Å². The van der Waals surface area contributed by atoms with Crippen LogP contribution in [-0.2, 0) is 14.8 Å². The predicted octanol–water partition coefficient (Wildman–Crippen LogP) is 4.20. The number of nitrogens with two attached hydrogens (primary N) is 1. The van der Waals surface area contributed by atoms with Crippen molar-refractivity contribution in [2.45, 2.75) is 30.8 Å². The number of aryl methyl sites for hydroxylation is 1. The smallest absolute Gasteiger partial charge is 0.240 e. The number of sulfonamides is 1. The summed E-state index contributed by atoms with van der Waals surface area (Å²) in [6.07, 6.45) is 2.82. The Hall–Kier alpha value is -3.94. The van der Waals surface area contributed by atoms with E-state index in [0.717, 1.165) is 12.1 Å². The van der Waals surface area contributed by atoms with E-state index in [1.54, 1.807) is 13.1 Å². The lowest BCUT2D eigenvalue weighted by atomic mass is 9.98. The number of ether oxygens (including phenoxy) is 3. The van der Waals surface area contributed by atoms with E-state index in [0.29, 0.717) is 65.5 Å². The number of methoxy groups -OCH3 is 1. The lowest BCUT2D eigenvalue weighted by Gasteiger charge is -2.24. The summed E-state index contributed by atoms with van der Waals surface area (Å²) in [5.74, 6) is -1.51. The largest absolute Gasteiger partial charge is 0.488 e. The Labute approximate surface area is 229 Å². The maximum Gasteiger partial charge on any atom is 0.240 e. The molecule has 1 aliphatic rings. The number of hydrogen-bond donors (Lipinski definition) is 2. The maximum absolute atomic E-state index is 15.4. The van der Waals surface area contributed by atoms with Crippen molar-refractivity contribution in [3.05, 3.63) is 53.9 Å². The summed E-state index contributed by atoms with van der Waals surface area (Å²) in [5.41, 5.74) is 1.64. The number of aromatic nitrogens is 3. The first-order valence-corrected chi connectivity index (χ1v) is 14.0. The van der Waals surface area contributed by atoms with Crippen LogP contribution in [0.3, 0.4) is 0 Å². The molecule has 0 saturated carbocycles. The van der Waals surface area contributed by atoms with Gasteiger partial charge in [0.25, 0.3) is 0 Å². The lowest BCUT2D eigenvalue weighted by Crippen LogP contribution is -2.26. The van der Waals surface area contributed by atoms with Crippen molar-refractivity contribution in [3.63, 3.8) is 0 Å². The Morgan fingerprint density at radius 2 is 1.85 bits per heavy atom. The summed E-state index contributed by atoms with van der Waals surface area (Å²) in [6, 6.07) is 6.70. The number of nitrogens with one attached hydrogen (secondary N) is 1. The Morgan fingerprint density at radius 3 is 2.52 bits per heavy atom. The van der Waals surface area contributed by atoms with E-state index in [4.69, 9.17) is 19.3 Å². The molecule has 1 fully saturated rings. The first-order chi connectivity index (χ1) is 19.1. The first kappa shape index (κ1) is 27.6. The minimum atomic E-state index is -4.46. The molecule has 0 bridgehead atoms. The minimum Gasteiger partial charge on any atom is -0.488 e. The normalized spacial score (nSPS) is 14.3. The van der Waals surface area contributed by atoms with Gasteiger partial charge in [0.05, 0.1) is 37.1 Å². The third-order valence-corrected chi connectivity index (χ3v) is 7.58. The van der Waals surface area contributed by atoms with E-state index in [9.17, 15) is 8.42 Å². The Kier molecular flexibility index (Phi) is 7.53. The van der Waals surface area contributed by atoms with Crippen LogP contribution in [0.15, 0.2) is 41.4 Å². The van der Waals surface area contributed by atoms with Crippen molar-refractivity contribution < 1.29 is 31.4 Å². The highest BCUT2D eigenvalue weighted by molar-refractivity contribution is 7.89. The number of pyridine rings is 1. The molecule has 40 heavy (non-hydrogen) atoms. The predicted molar refractivity (Wildman–Crippen MR) is 145 cm³/mol. The van der Waals surface area contributed by atoms with Gasteiger partial charge in [-0.05, 0) is 42.8 Å². The number of anilines is 1. The van der Waals surface area contributed by atoms with Crippen LogP contribution in [-0.4, -0.2) is 56.8 Å². The summed E-state index contributed by atoms with van der Waals surface area (Å²) in [6.45, 7) is 3.01. The molecule has 10 nitrogen and oxygen atoms in total. The molecule has 13 heteroatoms. The lowest BCUT2D eigenvalue weighted by molar-refractivity contribution is 0.0261. The Balaban J connectivity index is 1.71. The average Bonchev–Trinajstić information content (AvgIpc) is 2.93. The molecule has 0 spiro atoms. The number of benzene rings is 2. The van der Waals surface area contributed by atoms with Gasteiger partial charge in [0, 0.05) is 37.0 Å². The quantitative estimate of drug-likeness (QED) is 0.334. The second kappa shape index (κ2) is 10.9. The number of nitrogens with zero attached hydrogens (tertiary/aromatic N) is 3. The van der Waals surface area contributed by atoms with Gasteiger partial charge in [-0.25, -0.2) is 37.3 Å². The zero-order valence-corrected chi connectivity index (χ0v) is 22.8. The van der Waals surface area contributed by atoms with Crippen molar-refractivity contribution in [3.8, 4) is 33.9 Å². The fourth-order valence-corrected chi connectivity index (χ4v) is 5.25. The molecular formula is C27H27F2N5O5S. The van der Waals surface area contributed by atoms with Gasteiger partial charge in [-0.1, -0.05) is 0 Å². The van der Waals surface area contributed by atoms with Crippen LogP contribution < -0.4 is 19.9 Å². The molecule has 0 aliphatic carbocycles. The molecular weight excluding hydrogens is 544 g/mol. The van der Waals surface area contributed by atoms with Gasteiger partial charge in [-0.15, -0.1) is 0 Å². The fraction of sp³-hybridized carbons (Fsp3) is 0.296. The second-order valence-corrected chi connectivity index (χ2v) is 10.8. The molecule has 2 aromatic heterocycles. The Bertz CT molecular complexity index is 1710. The number of hydrogen-bond acceptors (Lipinski definition) is 9. The van der Waals surface area contributed by atoms with Crippen molar-refractivity contribution in [2.24, 2.45) is 5.14 Å². The zero-order valence-electron chi connectivity index (χ0n) is 22.0. The van der Waals surface area contributed by atoms with E-state index >= 15 is 8.78 Å². The molecule has 0 atom stereocenters. The van der Waals surface area contributed by atoms with E-state index in [-0.39, 0.29) is 17.5 Å². The van der Waals surface area contributed by atoms with Crippen molar-refractivity contribution in [2.75, 3.05) is 32.7 Å². The second-order valence-electron chi connectivity index (χ2n) is 9.24. The molecule has 3 N–H and O–H groups in total. The summed E-state index contributed by atoms with van der Waals surface area (Å²) in [5, 5.41) is 8.82. The van der Waals surface area contributed by atoms with Crippen LogP contribution in [0.25, 0.3) is 33.2 Å². The summed E-state index contributed by atoms with van der Waals surface area (Å²) in [7, 11) is -1.45. The van der Waals surface area contributed by atoms with Crippen LogP contribution in [0.4, 0.5) is 14.7 Å². The number of fused-ring (bicyclic) bond motifs is 1. The highest BCUT2D eigenvalue weighted by Crippen LogP contribution is 2.40. The summed E-state index contributed by atoms with van der Waals surface area (Å²) < 4.78 is 71.4. The van der Waals surface area contributed by atoms with Gasteiger partial charge in [0.2, 0.25) is 21.9 Å². The minimum absolute atomic E-state index is 0.0887. The summed E-state index contributed by atoms with van der Waals surface area (Å²) >= 11 is 0. The van der Waals surface area contributed by atoms with E-state index in [1.807, 2.05) is 13.0 Å². The van der Waals surface area contributed by atoms with E-state index < -0.39 is 32.1 Å². The van der Waals surface area contributed by atoms with Crippen LogP contribution in [0, 0.1) is 18.6 Å². The standard InChI is InChI=1S/C27H27F2N5O5S/c1-14-18-10-15(12-21(25(18)34-27(31-2)33-14)39-17-6-8-38-9-7-17)16-11-19(26(37-3)32-13-16)23-20(28)4-5-22(24(23)29)40(30,35)36/h4-5,10-13,17H,6-9H2,1-3H3,(H2,30,35,36)(H,31,33,34). The molecule has 4 aromatic rings. The van der Waals surface area contributed by atoms with Gasteiger partial charge in [0.1, 0.15) is 28.1 Å². The third-order valence-electron chi connectivity index (χ3n) is 6.65. The Morgan fingerprint density at radius 1 is 1.10 bits per heavy atom. The van der Waals surface area contributed by atoms with Gasteiger partial charge in [0.15, 0.2) is 5.82 Å². The van der Waals surface area contributed by atoms with E-state index in [1.165, 1.54) is 19.4 Å². The van der Waals surface area contributed by atoms with Gasteiger partial charge < -0.3 is 19.5 Å². The molecule has 0 unspecified atom stereocenters. The highest BCUT2D eigenvalue weighted by atomic mass is 32.2. The monoisotopic (exact) mass is 571 g/mol. The molecule has 210 valence electrons. The SMILES string of the molecule is CNc1nc(C)c2cc(-c3cnc(OC)c(-c4c(F)ccc(S(N)(=O)=O)c4F)c3)cc(OC3CCOCC3)c2n1. The van der Waals surface area contributed by atoms with Crippen molar-refractivity contribution in [1.29, 1.82) is 0 Å². The molecule has 0 radical (unpaired) electrons. The fourth-order valence-electron chi connectivity index (χ4n) is 4.64. The average molecular weight is 572 g/mol. The van der Waals surface area contributed by atoms with Gasteiger partial charge in [-0.2, -0.15) is 0 Å². The van der Waals surface area contributed by atoms with E-state index in [2.05, 4.69) is 20.3 Å². The zero-order chi connectivity index (χ0) is 28.6. The number of rotatable bonds is 7. The number of halogens is 2. The van der Waals surface area contributed by atoms with Crippen LogP contribution in [0.1, 0.15) is 18.5 Å². The molecule has 5 rings (SSSR count). The van der Waals surface area contributed by atoms with Gasteiger partial charge in [-0.3, -0.25) is 0 Å². The van der Waals surface area contributed by atoms with Crippen molar-refractivity contribution in [1.82, 2.24) is 15.0 Å². The highest BCUT2D eigenvalue weighted by Gasteiger charge is 2.25. The first-order valence-electron chi connectivity index (χ1n) is 12.4. The summed E-state index contributed by atoms with van der Waals surface area (Å²) in [4.78, 5) is 12.5. The van der Waals surface area contributed by atoms with Crippen LogP contribution in [0.5, 0.6) is 11.6 Å². The maximum atomic E-state index is 15.4. The van der Waals surface area contributed by atoms with Crippen molar-refractivity contribution >= 4 is 26.9 Å².